The maximum Gasteiger partial charge on any atom is 0.0649 e. The molecule has 0 aromatic heterocycles. The number of rotatable bonds is 5. The van der Waals surface area contributed by atoms with Gasteiger partial charge in [-0.3, -0.25) is 9.98 Å². The molecule has 3 heterocycles. The number of benzene rings is 1. The summed E-state index contributed by atoms with van der Waals surface area (Å²) in [4.78, 5) is 10.2. The fraction of sp³-hybridized carbons (Fsp3) is 0.533. The molecule has 6 N–H and O–H groups in total. The second-order valence-corrected chi connectivity index (χ2v) is 12.0. The normalized spacial score (nSPS) is 25.8. The van der Waals surface area contributed by atoms with Gasteiger partial charge in [0.25, 0.3) is 0 Å². The summed E-state index contributed by atoms with van der Waals surface area (Å²) < 4.78 is 0. The van der Waals surface area contributed by atoms with E-state index in [-0.39, 0.29) is 16.4 Å². The summed E-state index contributed by atoms with van der Waals surface area (Å²) in [5.41, 5.74) is 6.70. The molecule has 1 fully saturated rings. The molecule has 0 spiro atoms. The molecule has 1 aromatic rings. The van der Waals surface area contributed by atoms with Crippen molar-refractivity contribution in [2.45, 2.75) is 66.2 Å². The van der Waals surface area contributed by atoms with Crippen molar-refractivity contribution in [3.63, 3.8) is 0 Å². The average Bonchev–Trinajstić information content (AvgIpc) is 2.85. The van der Waals surface area contributed by atoms with E-state index < -0.39 is 0 Å². The molecule has 0 aliphatic carbocycles. The third-order valence-corrected chi connectivity index (χ3v) is 8.47. The number of hydrogen-bond donors (Lipinski definition) is 0. The third kappa shape index (κ3) is 8.01. The van der Waals surface area contributed by atoms with Gasteiger partial charge in [-0.05, 0) is 90.6 Å². The van der Waals surface area contributed by atoms with Crippen molar-refractivity contribution < 1.29 is 16.4 Å². The van der Waals surface area contributed by atoms with Crippen LogP contribution in [0, 0.1) is 17.3 Å². The molecule has 36 heavy (non-hydrogen) atoms. The van der Waals surface area contributed by atoms with E-state index in [4.69, 9.17) is 9.98 Å². The lowest BCUT2D eigenvalue weighted by molar-refractivity contribution is 0.292. The largest absolute Gasteiger partial charge is 0.412 e. The van der Waals surface area contributed by atoms with Gasteiger partial charge in [0.05, 0.1) is 5.36 Å². The molecule has 2 unspecified atom stereocenters. The topological polar surface area (TPSA) is 119 Å². The van der Waals surface area contributed by atoms with Gasteiger partial charge in [-0.15, -0.1) is 0 Å². The number of hydrogen-bond acceptors (Lipinski definition) is 3. The molecule has 200 valence electrons. The second-order valence-electron chi connectivity index (χ2n) is 10.8. The van der Waals surface area contributed by atoms with Crippen LogP contribution in [0.25, 0.3) is 11.6 Å². The quantitative estimate of drug-likeness (QED) is 0.572. The number of allylic oxidation sites excluding steroid dienone is 5. The summed E-state index contributed by atoms with van der Waals surface area (Å²) in [6, 6.07) is 6.47. The molecule has 2 atom stereocenters. The van der Waals surface area contributed by atoms with E-state index in [1.807, 2.05) is 0 Å². The summed E-state index contributed by atoms with van der Waals surface area (Å²) in [6.07, 6.45) is 13.8. The molecule has 0 bridgehead atoms. The van der Waals surface area contributed by atoms with Crippen LogP contribution in [0.1, 0.15) is 71.8 Å². The van der Waals surface area contributed by atoms with Crippen molar-refractivity contribution in [1.29, 1.82) is 0 Å². The Balaban J connectivity index is 0.00000216. The van der Waals surface area contributed by atoms with Crippen molar-refractivity contribution in [2.75, 3.05) is 18.1 Å². The second kappa shape index (κ2) is 14.1. The van der Waals surface area contributed by atoms with Gasteiger partial charge < -0.3 is 16.4 Å². The van der Waals surface area contributed by atoms with Crippen LogP contribution in [0.3, 0.4) is 0 Å². The van der Waals surface area contributed by atoms with Gasteiger partial charge in [0.1, 0.15) is 0 Å². The highest BCUT2D eigenvalue weighted by Crippen LogP contribution is 2.41. The van der Waals surface area contributed by atoms with E-state index in [0.717, 1.165) is 37.6 Å². The number of fused-ring (bicyclic) bond motifs is 1. The van der Waals surface area contributed by atoms with Crippen molar-refractivity contribution >= 4 is 29.1 Å². The molecule has 4 rings (SSSR count). The zero-order chi connectivity index (χ0) is 23.4. The molecular weight excluding hydrogens is 468 g/mol. The Hall–Kier alpha value is -1.99. The summed E-state index contributed by atoms with van der Waals surface area (Å²) in [5, 5.41) is 2.37. The van der Waals surface area contributed by atoms with Crippen LogP contribution in [-0.2, 0) is 0 Å². The summed E-state index contributed by atoms with van der Waals surface area (Å²) in [6.45, 7) is 14.7. The van der Waals surface area contributed by atoms with Crippen molar-refractivity contribution in [3.8, 4) is 0 Å². The maximum atomic E-state index is 5.39. The van der Waals surface area contributed by atoms with Gasteiger partial charge in [0.2, 0.25) is 0 Å². The van der Waals surface area contributed by atoms with Gasteiger partial charge in [-0.2, -0.15) is 11.8 Å². The van der Waals surface area contributed by atoms with Crippen LogP contribution in [-0.4, -0.2) is 40.2 Å². The molecule has 5 nitrogen and oxygen atoms in total. The van der Waals surface area contributed by atoms with E-state index in [1.165, 1.54) is 57.7 Å². The Morgan fingerprint density at radius 3 is 2.56 bits per heavy atom. The predicted octanol–water partition coefficient (Wildman–Crippen LogP) is 4.29. The molecule has 3 aliphatic rings. The lowest BCUT2D eigenvalue weighted by atomic mass is 9.79. The third-order valence-electron chi connectivity index (χ3n) is 7.49. The SMILES string of the molecule is C=C(CC1=N/C(CC2(C)CCSCC2)=C(C)/C=C\C(C)CC1)c1cccc2c1=CC(C)CN=2.O.O.O. The highest BCUT2D eigenvalue weighted by Gasteiger charge is 2.29. The fourth-order valence-corrected chi connectivity index (χ4v) is 6.56. The van der Waals surface area contributed by atoms with E-state index in [2.05, 4.69) is 82.5 Å². The summed E-state index contributed by atoms with van der Waals surface area (Å²) >= 11 is 2.10. The molecule has 0 radical (unpaired) electrons. The predicted molar refractivity (Wildman–Crippen MR) is 157 cm³/mol. The van der Waals surface area contributed by atoms with E-state index in [9.17, 15) is 0 Å². The maximum absolute atomic E-state index is 5.39. The van der Waals surface area contributed by atoms with Gasteiger partial charge in [0, 0.05) is 29.6 Å². The molecular formula is C30H46N2O3S. The van der Waals surface area contributed by atoms with Crippen LogP contribution in [0.5, 0.6) is 0 Å². The minimum Gasteiger partial charge on any atom is -0.412 e. The van der Waals surface area contributed by atoms with Crippen molar-refractivity contribution in [3.05, 3.63) is 64.3 Å². The standard InChI is InChI=1S/C30H40N2S.3H2O/c1-21-9-11-23(3)29(19-30(5)13-15-33-16-14-30)32-25(12-10-21)18-24(4)26-7-6-8-28-27(26)17-22(2)20-31-28;;;/h6-9,11,17,21-22H,4,10,12-16,18-20H2,1-3,5H3;3*1H2/b11-9-,29-23+,32-25?;;;. The highest BCUT2D eigenvalue weighted by atomic mass is 32.2. The average molecular weight is 515 g/mol. The molecule has 0 amide bonds. The molecule has 6 heteroatoms. The zero-order valence-electron chi connectivity index (χ0n) is 22.5. The Kier molecular flexibility index (Phi) is 12.5. The molecule has 1 aromatic carbocycles. The summed E-state index contributed by atoms with van der Waals surface area (Å²) in [5.74, 6) is 3.61. The molecule has 3 aliphatic heterocycles. The van der Waals surface area contributed by atoms with Gasteiger partial charge in [0.15, 0.2) is 0 Å². The minimum atomic E-state index is 0. The zero-order valence-corrected chi connectivity index (χ0v) is 23.3. The minimum absolute atomic E-state index is 0. The fourth-order valence-electron chi connectivity index (χ4n) is 5.08. The van der Waals surface area contributed by atoms with E-state index in [0.29, 0.717) is 17.3 Å². The van der Waals surface area contributed by atoms with Gasteiger partial charge in [-0.25, -0.2) is 0 Å². The monoisotopic (exact) mass is 514 g/mol. The highest BCUT2D eigenvalue weighted by molar-refractivity contribution is 7.99. The Morgan fingerprint density at radius 1 is 1.11 bits per heavy atom. The van der Waals surface area contributed by atoms with Crippen LogP contribution in [0.15, 0.2) is 58.2 Å². The van der Waals surface area contributed by atoms with Gasteiger partial charge in [-0.1, -0.05) is 57.7 Å². The summed E-state index contributed by atoms with van der Waals surface area (Å²) in [7, 11) is 0. The number of thioether (sulfide) groups is 1. The Labute approximate surface area is 221 Å². The first-order valence-electron chi connectivity index (χ1n) is 12.7. The van der Waals surface area contributed by atoms with E-state index in [1.54, 1.807) is 0 Å². The first kappa shape index (κ1) is 32.0. The van der Waals surface area contributed by atoms with Crippen molar-refractivity contribution in [2.24, 2.45) is 27.2 Å². The number of nitrogens with zero attached hydrogens (tertiary/aromatic N) is 2. The molecule has 1 saturated heterocycles. The van der Waals surface area contributed by atoms with Crippen molar-refractivity contribution in [1.82, 2.24) is 0 Å². The van der Waals surface area contributed by atoms with Crippen LogP contribution in [0.4, 0.5) is 0 Å². The Morgan fingerprint density at radius 2 is 1.83 bits per heavy atom. The van der Waals surface area contributed by atoms with Gasteiger partial charge >= 0.3 is 0 Å². The lowest BCUT2D eigenvalue weighted by Crippen LogP contribution is -2.33. The van der Waals surface area contributed by atoms with Crippen LogP contribution >= 0.6 is 11.8 Å². The van der Waals surface area contributed by atoms with E-state index >= 15 is 0 Å². The lowest BCUT2D eigenvalue weighted by Gasteiger charge is -2.34. The number of aliphatic imine (C=N–C) groups is 1. The molecule has 0 saturated carbocycles. The smallest absolute Gasteiger partial charge is 0.0649 e. The van der Waals surface area contributed by atoms with Crippen LogP contribution in [0.2, 0.25) is 0 Å². The Bertz CT molecular complexity index is 1110. The first-order chi connectivity index (χ1) is 15.8. The first-order valence-corrected chi connectivity index (χ1v) is 13.8. The van der Waals surface area contributed by atoms with Crippen LogP contribution < -0.4 is 10.6 Å².